The van der Waals surface area contributed by atoms with Gasteiger partial charge in [0, 0.05) is 64.3 Å². The van der Waals surface area contributed by atoms with Crippen molar-refractivity contribution in [1.29, 1.82) is 0 Å². The van der Waals surface area contributed by atoms with Crippen LogP contribution in [-0.2, 0) is 17.1 Å². The predicted octanol–water partition coefficient (Wildman–Crippen LogP) is 3.49. The molecule has 1 amide bonds. The minimum atomic E-state index is -3.73. The average molecular weight is 567 g/mol. The van der Waals surface area contributed by atoms with Crippen LogP contribution in [0.3, 0.4) is 0 Å². The van der Waals surface area contributed by atoms with E-state index in [0.29, 0.717) is 23.7 Å². The number of sulfonamides is 1. The van der Waals surface area contributed by atoms with E-state index in [2.05, 4.69) is 15.2 Å². The van der Waals surface area contributed by atoms with Crippen LogP contribution in [0, 0.1) is 6.92 Å². The summed E-state index contributed by atoms with van der Waals surface area (Å²) in [6.07, 6.45) is 2.74. The van der Waals surface area contributed by atoms with Gasteiger partial charge in [-0.25, -0.2) is 22.2 Å². The van der Waals surface area contributed by atoms with Gasteiger partial charge in [0.2, 0.25) is 5.92 Å². The molecule has 0 unspecified atom stereocenters. The van der Waals surface area contributed by atoms with Crippen molar-refractivity contribution in [2.45, 2.75) is 49.1 Å². The summed E-state index contributed by atoms with van der Waals surface area (Å²) in [6.45, 7) is 3.15. The molecule has 1 aromatic carbocycles. The zero-order valence-electron chi connectivity index (χ0n) is 20.2. The van der Waals surface area contributed by atoms with Gasteiger partial charge < -0.3 is 9.88 Å². The lowest BCUT2D eigenvalue weighted by molar-refractivity contribution is -0.0856. The molecule has 0 radical (unpaired) electrons. The summed E-state index contributed by atoms with van der Waals surface area (Å²) in [7, 11) is -2.04. The fraction of sp³-hybridized carbons (Fsp3) is 0.565. The Bertz CT molecular complexity index is 1170. The Kier molecular flexibility index (Phi) is 8.72. The second-order valence-electron chi connectivity index (χ2n) is 9.46. The highest BCUT2D eigenvalue weighted by Gasteiger charge is 2.48. The minimum absolute atomic E-state index is 0. The lowest BCUT2D eigenvalue weighted by Gasteiger charge is -2.50. The van der Waals surface area contributed by atoms with Gasteiger partial charge in [-0.2, -0.15) is 4.31 Å². The molecule has 200 valence electrons. The normalized spacial score (nSPS) is 20.5. The summed E-state index contributed by atoms with van der Waals surface area (Å²) < 4.78 is 57.0. The van der Waals surface area contributed by atoms with E-state index >= 15 is 0 Å². The molecule has 2 fully saturated rings. The van der Waals surface area contributed by atoms with Crippen molar-refractivity contribution in [3.05, 3.63) is 46.9 Å². The van der Waals surface area contributed by atoms with E-state index in [1.807, 2.05) is 0 Å². The number of halogens is 4. The molecule has 2 aromatic rings. The van der Waals surface area contributed by atoms with Crippen molar-refractivity contribution in [2.24, 2.45) is 7.05 Å². The number of piperazine rings is 1. The molecule has 2 aliphatic rings. The number of benzene rings is 1. The Labute approximate surface area is 221 Å². The number of hydrogen-bond acceptors (Lipinski definition) is 5. The number of hydrogen-bond donors (Lipinski definition) is 1. The Hall–Kier alpha value is -1.79. The Balaban J connectivity index is 0.00000361. The molecule has 1 saturated heterocycles. The number of rotatable bonds is 6. The standard InChI is InChI=1S/C23H30ClF2N5O3S.ClH/c1-17-4-3-5-18(24)20(17)21(32)27-15-22(6-8-23(25,26)9-7-22)30-10-12-31(13-11-30)35(33,34)19-14-29(2)16-28-19;/h3-5,14,16H,6-13,15H2,1-2H3,(H,27,32);1H. The number of aromatic nitrogens is 2. The highest BCUT2D eigenvalue weighted by molar-refractivity contribution is 7.89. The Morgan fingerprint density at radius 3 is 2.33 bits per heavy atom. The van der Waals surface area contributed by atoms with E-state index in [-0.39, 0.29) is 68.7 Å². The molecule has 4 rings (SSSR count). The van der Waals surface area contributed by atoms with Crippen LogP contribution in [0.4, 0.5) is 8.78 Å². The molecule has 1 aromatic heterocycles. The maximum absolute atomic E-state index is 14.1. The number of aryl methyl sites for hydroxylation is 2. The van der Waals surface area contributed by atoms with Crippen LogP contribution in [-0.4, -0.2) is 77.3 Å². The number of imidazole rings is 1. The molecule has 0 atom stereocenters. The topological polar surface area (TPSA) is 87.5 Å². The van der Waals surface area contributed by atoms with Crippen molar-refractivity contribution in [3.63, 3.8) is 0 Å². The van der Waals surface area contributed by atoms with Gasteiger partial charge in [-0.3, -0.25) is 9.69 Å². The molecular formula is C23H31Cl2F2N5O3S. The van der Waals surface area contributed by atoms with Crippen LogP contribution >= 0.6 is 24.0 Å². The molecule has 8 nitrogen and oxygen atoms in total. The monoisotopic (exact) mass is 565 g/mol. The summed E-state index contributed by atoms with van der Waals surface area (Å²) in [5.74, 6) is -3.09. The second-order valence-corrected chi connectivity index (χ2v) is 11.8. The third-order valence-electron chi connectivity index (χ3n) is 7.13. The molecular weight excluding hydrogens is 535 g/mol. The van der Waals surface area contributed by atoms with Crippen LogP contribution in [0.5, 0.6) is 0 Å². The quantitative estimate of drug-likeness (QED) is 0.579. The molecule has 1 saturated carbocycles. The molecule has 0 bridgehead atoms. The van der Waals surface area contributed by atoms with Crippen LogP contribution in [0.15, 0.2) is 35.7 Å². The van der Waals surface area contributed by atoms with E-state index in [0.717, 1.165) is 5.56 Å². The molecule has 1 aliphatic carbocycles. The lowest BCUT2D eigenvalue weighted by atomic mass is 9.78. The smallest absolute Gasteiger partial charge is 0.262 e. The first-order valence-electron chi connectivity index (χ1n) is 11.6. The molecule has 1 aliphatic heterocycles. The largest absolute Gasteiger partial charge is 0.350 e. The average Bonchev–Trinajstić information content (AvgIpc) is 3.26. The summed E-state index contributed by atoms with van der Waals surface area (Å²) in [5.41, 5.74) is 0.414. The Morgan fingerprint density at radius 2 is 1.78 bits per heavy atom. The van der Waals surface area contributed by atoms with Gasteiger partial charge in [-0.05, 0) is 31.4 Å². The summed E-state index contributed by atoms with van der Waals surface area (Å²) in [4.78, 5) is 19.0. The third kappa shape index (κ3) is 5.85. The first kappa shape index (κ1) is 28.8. The van der Waals surface area contributed by atoms with E-state index in [9.17, 15) is 22.0 Å². The number of nitrogens with one attached hydrogen (secondary N) is 1. The number of amides is 1. The van der Waals surface area contributed by atoms with Crippen LogP contribution in [0.25, 0.3) is 0 Å². The van der Waals surface area contributed by atoms with Crippen molar-refractivity contribution in [1.82, 2.24) is 24.1 Å². The third-order valence-corrected chi connectivity index (χ3v) is 9.23. The van der Waals surface area contributed by atoms with Gasteiger partial charge in [0.15, 0.2) is 5.03 Å². The second kappa shape index (κ2) is 10.9. The molecule has 2 heterocycles. The summed E-state index contributed by atoms with van der Waals surface area (Å²) in [6, 6.07) is 5.19. The number of alkyl halides is 2. The van der Waals surface area contributed by atoms with Gasteiger partial charge in [0.05, 0.1) is 16.9 Å². The van der Waals surface area contributed by atoms with Crippen molar-refractivity contribution in [2.75, 3.05) is 32.7 Å². The van der Waals surface area contributed by atoms with Crippen LogP contribution in [0.1, 0.15) is 41.6 Å². The minimum Gasteiger partial charge on any atom is -0.350 e. The van der Waals surface area contributed by atoms with Crippen molar-refractivity contribution >= 4 is 39.9 Å². The van der Waals surface area contributed by atoms with Gasteiger partial charge in [0.25, 0.3) is 15.9 Å². The van der Waals surface area contributed by atoms with E-state index in [4.69, 9.17) is 11.6 Å². The molecule has 0 spiro atoms. The van der Waals surface area contributed by atoms with E-state index < -0.39 is 21.5 Å². The van der Waals surface area contributed by atoms with Gasteiger partial charge in [0.1, 0.15) is 0 Å². The highest BCUT2D eigenvalue weighted by Crippen LogP contribution is 2.42. The van der Waals surface area contributed by atoms with Crippen LogP contribution in [0.2, 0.25) is 5.02 Å². The summed E-state index contributed by atoms with van der Waals surface area (Å²) in [5, 5.41) is 3.25. The predicted molar refractivity (Wildman–Crippen MR) is 135 cm³/mol. The zero-order valence-corrected chi connectivity index (χ0v) is 22.6. The van der Waals surface area contributed by atoms with Gasteiger partial charge in [-0.1, -0.05) is 23.7 Å². The van der Waals surface area contributed by atoms with Crippen LogP contribution < -0.4 is 5.32 Å². The lowest BCUT2D eigenvalue weighted by Crippen LogP contribution is -2.63. The van der Waals surface area contributed by atoms with Gasteiger partial charge in [-0.15, -0.1) is 12.4 Å². The number of carbonyl (C=O) groups is 1. The number of carbonyl (C=O) groups excluding carboxylic acids is 1. The highest BCUT2D eigenvalue weighted by atomic mass is 35.5. The molecule has 36 heavy (non-hydrogen) atoms. The fourth-order valence-electron chi connectivity index (χ4n) is 5.00. The maximum atomic E-state index is 14.1. The fourth-order valence-corrected chi connectivity index (χ4v) is 6.69. The zero-order chi connectivity index (χ0) is 25.4. The van der Waals surface area contributed by atoms with E-state index in [1.54, 1.807) is 36.7 Å². The first-order chi connectivity index (χ1) is 16.4. The number of nitrogens with zero attached hydrogens (tertiary/aromatic N) is 4. The SMILES string of the molecule is Cc1cccc(Cl)c1C(=O)NCC1(N2CCN(S(=O)(=O)c3cn(C)cn3)CC2)CCC(F)(F)CC1.Cl. The first-order valence-corrected chi connectivity index (χ1v) is 13.4. The molecule has 1 N–H and O–H groups in total. The maximum Gasteiger partial charge on any atom is 0.262 e. The van der Waals surface area contributed by atoms with Crippen molar-refractivity contribution < 1.29 is 22.0 Å². The van der Waals surface area contributed by atoms with E-state index in [1.165, 1.54) is 16.8 Å². The molecule has 13 heteroatoms. The Morgan fingerprint density at radius 1 is 1.14 bits per heavy atom. The summed E-state index contributed by atoms with van der Waals surface area (Å²) >= 11 is 6.24. The van der Waals surface area contributed by atoms with Crippen molar-refractivity contribution in [3.8, 4) is 0 Å². The van der Waals surface area contributed by atoms with Gasteiger partial charge >= 0.3 is 0 Å².